The van der Waals surface area contributed by atoms with E-state index in [0.717, 1.165) is 18.5 Å². The highest BCUT2D eigenvalue weighted by Gasteiger charge is 2.15. The fourth-order valence-electron chi connectivity index (χ4n) is 1.88. The summed E-state index contributed by atoms with van der Waals surface area (Å²) in [4.78, 5) is 14.2. The molecule has 0 radical (unpaired) electrons. The first kappa shape index (κ1) is 14.4. The van der Waals surface area contributed by atoms with Gasteiger partial charge in [0.25, 0.3) is 5.91 Å². The smallest absolute Gasteiger partial charge is 0.253 e. The molecular weight excluding hydrogens is 226 g/mol. The molecule has 0 atom stereocenters. The summed E-state index contributed by atoms with van der Waals surface area (Å²) in [5, 5.41) is 3.03. The Morgan fingerprint density at radius 2 is 1.94 bits per heavy atom. The summed E-state index contributed by atoms with van der Waals surface area (Å²) in [6.45, 7) is 4.14. The number of carbonyl (C=O) groups is 1. The minimum atomic E-state index is -0.0558. The second kappa shape index (κ2) is 6.28. The summed E-state index contributed by atoms with van der Waals surface area (Å²) in [6.07, 6.45) is 1.86. The molecular formula is C14H23N3O. The first-order valence-corrected chi connectivity index (χ1v) is 6.37. The second-order valence-corrected chi connectivity index (χ2v) is 4.66. The van der Waals surface area contributed by atoms with E-state index in [9.17, 15) is 4.79 Å². The average Bonchev–Trinajstić information content (AvgIpc) is 2.35. The first-order valence-electron chi connectivity index (χ1n) is 6.37. The molecule has 0 heterocycles. The zero-order valence-electron chi connectivity index (χ0n) is 11.7. The summed E-state index contributed by atoms with van der Waals surface area (Å²) in [6, 6.07) is 5.63. The van der Waals surface area contributed by atoms with Gasteiger partial charge in [0, 0.05) is 31.5 Å². The van der Waals surface area contributed by atoms with Gasteiger partial charge >= 0.3 is 0 Å². The molecule has 1 amide bonds. The summed E-state index contributed by atoms with van der Waals surface area (Å²) in [5.74, 6) is -0.0558. The van der Waals surface area contributed by atoms with Gasteiger partial charge in [0.05, 0.1) is 5.56 Å². The summed E-state index contributed by atoms with van der Waals surface area (Å²) < 4.78 is 0. The molecule has 0 aliphatic rings. The number of hydrogen-bond donors (Lipinski definition) is 2. The molecule has 0 spiro atoms. The molecule has 0 unspecified atom stereocenters. The van der Waals surface area contributed by atoms with Crippen molar-refractivity contribution in [2.45, 2.75) is 32.7 Å². The van der Waals surface area contributed by atoms with Crippen LogP contribution >= 0.6 is 0 Å². The first-order chi connectivity index (χ1) is 8.49. The molecule has 4 nitrogen and oxygen atoms in total. The van der Waals surface area contributed by atoms with E-state index in [1.54, 1.807) is 6.07 Å². The van der Waals surface area contributed by atoms with E-state index in [2.05, 4.69) is 19.2 Å². The zero-order valence-corrected chi connectivity index (χ0v) is 11.7. The molecule has 4 heteroatoms. The molecule has 1 aromatic rings. The van der Waals surface area contributed by atoms with Crippen molar-refractivity contribution in [1.29, 1.82) is 0 Å². The van der Waals surface area contributed by atoms with E-state index in [4.69, 9.17) is 5.73 Å². The quantitative estimate of drug-likeness (QED) is 0.787. The van der Waals surface area contributed by atoms with Crippen LogP contribution in [0.5, 0.6) is 0 Å². The fourth-order valence-corrected chi connectivity index (χ4v) is 1.88. The van der Waals surface area contributed by atoms with E-state index >= 15 is 0 Å². The van der Waals surface area contributed by atoms with Gasteiger partial charge in [0.1, 0.15) is 0 Å². The van der Waals surface area contributed by atoms with Gasteiger partial charge in [-0.3, -0.25) is 4.79 Å². The Hall–Kier alpha value is -1.71. The molecule has 0 saturated heterocycles. The number of hydrogen-bond acceptors (Lipinski definition) is 3. The van der Waals surface area contributed by atoms with Crippen LogP contribution in [-0.4, -0.2) is 26.0 Å². The summed E-state index contributed by atoms with van der Waals surface area (Å²) in [5.41, 5.74) is 7.88. The van der Waals surface area contributed by atoms with Gasteiger partial charge in [-0.2, -0.15) is 0 Å². The summed E-state index contributed by atoms with van der Waals surface area (Å²) in [7, 11) is 3.83. The van der Waals surface area contributed by atoms with Crippen molar-refractivity contribution in [3.05, 3.63) is 23.8 Å². The van der Waals surface area contributed by atoms with Gasteiger partial charge in [-0.25, -0.2) is 0 Å². The van der Waals surface area contributed by atoms with Crippen LogP contribution in [0.15, 0.2) is 18.2 Å². The third kappa shape index (κ3) is 3.39. The Kier molecular flexibility index (Phi) is 5.01. The molecule has 3 N–H and O–H groups in total. The van der Waals surface area contributed by atoms with E-state index in [1.807, 2.05) is 31.1 Å². The maximum Gasteiger partial charge on any atom is 0.253 e. The normalized spacial score (nSPS) is 10.5. The number of nitrogens with two attached hydrogens (primary N) is 1. The number of rotatable bonds is 5. The Morgan fingerprint density at radius 1 is 1.33 bits per heavy atom. The standard InChI is InChI=1S/C14H23N3O/c1-5-11(6-2)16-14(18)12-9-10(15)7-8-13(12)17(3)4/h7-9,11H,5-6,15H2,1-4H3,(H,16,18). The zero-order chi connectivity index (χ0) is 13.7. The van der Waals surface area contributed by atoms with E-state index in [1.165, 1.54) is 0 Å². The Balaban J connectivity index is 3.00. The van der Waals surface area contributed by atoms with E-state index in [-0.39, 0.29) is 11.9 Å². The number of benzene rings is 1. The van der Waals surface area contributed by atoms with Crippen LogP contribution in [0.25, 0.3) is 0 Å². The van der Waals surface area contributed by atoms with Gasteiger partial charge in [0.2, 0.25) is 0 Å². The van der Waals surface area contributed by atoms with Crippen LogP contribution in [0, 0.1) is 0 Å². The fraction of sp³-hybridized carbons (Fsp3) is 0.500. The topological polar surface area (TPSA) is 58.4 Å². The monoisotopic (exact) mass is 249 g/mol. The molecule has 18 heavy (non-hydrogen) atoms. The van der Waals surface area contributed by atoms with Crippen molar-refractivity contribution in [2.75, 3.05) is 24.7 Å². The molecule has 0 saturated carbocycles. The minimum absolute atomic E-state index is 0.0558. The maximum absolute atomic E-state index is 12.3. The SMILES string of the molecule is CCC(CC)NC(=O)c1cc(N)ccc1N(C)C. The minimum Gasteiger partial charge on any atom is -0.399 e. The largest absolute Gasteiger partial charge is 0.399 e. The number of anilines is 2. The number of nitrogen functional groups attached to an aromatic ring is 1. The number of nitrogens with one attached hydrogen (secondary N) is 1. The van der Waals surface area contributed by atoms with Crippen LogP contribution < -0.4 is 16.0 Å². The predicted octanol–water partition coefficient (Wildman–Crippen LogP) is 2.25. The third-order valence-corrected chi connectivity index (χ3v) is 3.07. The number of nitrogens with zero attached hydrogens (tertiary/aromatic N) is 1. The van der Waals surface area contributed by atoms with Crippen molar-refractivity contribution in [1.82, 2.24) is 5.32 Å². The van der Waals surface area contributed by atoms with Crippen molar-refractivity contribution < 1.29 is 4.79 Å². The van der Waals surface area contributed by atoms with Crippen LogP contribution in [0.1, 0.15) is 37.0 Å². The molecule has 1 aromatic carbocycles. The highest BCUT2D eigenvalue weighted by atomic mass is 16.1. The van der Waals surface area contributed by atoms with Gasteiger partial charge in [-0.15, -0.1) is 0 Å². The Bertz CT molecular complexity index is 412. The molecule has 0 aromatic heterocycles. The van der Waals surface area contributed by atoms with Gasteiger partial charge in [-0.1, -0.05) is 13.8 Å². The van der Waals surface area contributed by atoms with Crippen molar-refractivity contribution in [3.8, 4) is 0 Å². The highest BCUT2D eigenvalue weighted by molar-refractivity contribution is 6.00. The lowest BCUT2D eigenvalue weighted by atomic mass is 10.1. The molecule has 0 aliphatic heterocycles. The number of carbonyl (C=O) groups excluding carboxylic acids is 1. The van der Waals surface area contributed by atoms with Crippen LogP contribution in [0.4, 0.5) is 11.4 Å². The van der Waals surface area contributed by atoms with Crippen molar-refractivity contribution >= 4 is 17.3 Å². The average molecular weight is 249 g/mol. The second-order valence-electron chi connectivity index (χ2n) is 4.66. The predicted molar refractivity (Wildman–Crippen MR) is 77.0 cm³/mol. The van der Waals surface area contributed by atoms with E-state index < -0.39 is 0 Å². The van der Waals surface area contributed by atoms with Gasteiger partial charge < -0.3 is 16.0 Å². The van der Waals surface area contributed by atoms with E-state index in [0.29, 0.717) is 11.3 Å². The third-order valence-electron chi connectivity index (χ3n) is 3.07. The Labute approximate surface area is 109 Å². The highest BCUT2D eigenvalue weighted by Crippen LogP contribution is 2.21. The van der Waals surface area contributed by atoms with Crippen LogP contribution in [0.3, 0.4) is 0 Å². The van der Waals surface area contributed by atoms with Gasteiger partial charge in [-0.05, 0) is 31.0 Å². The lowest BCUT2D eigenvalue weighted by molar-refractivity contribution is 0.0935. The lowest BCUT2D eigenvalue weighted by Crippen LogP contribution is -2.34. The maximum atomic E-state index is 12.3. The van der Waals surface area contributed by atoms with Gasteiger partial charge in [0.15, 0.2) is 0 Å². The van der Waals surface area contributed by atoms with Crippen LogP contribution in [-0.2, 0) is 0 Å². The Morgan fingerprint density at radius 3 is 2.44 bits per heavy atom. The molecule has 0 aliphatic carbocycles. The molecule has 100 valence electrons. The molecule has 0 bridgehead atoms. The van der Waals surface area contributed by atoms with Crippen molar-refractivity contribution in [2.24, 2.45) is 0 Å². The van der Waals surface area contributed by atoms with Crippen molar-refractivity contribution in [3.63, 3.8) is 0 Å². The lowest BCUT2D eigenvalue weighted by Gasteiger charge is -2.20. The summed E-state index contributed by atoms with van der Waals surface area (Å²) >= 11 is 0. The molecule has 0 fully saturated rings. The molecule has 1 rings (SSSR count). The van der Waals surface area contributed by atoms with Crippen LogP contribution in [0.2, 0.25) is 0 Å². The number of amides is 1.